The van der Waals surface area contributed by atoms with E-state index in [2.05, 4.69) is 75.8 Å². The zero-order valence-electron chi connectivity index (χ0n) is 12.0. The van der Waals surface area contributed by atoms with Crippen molar-refractivity contribution < 1.29 is 0 Å². The van der Waals surface area contributed by atoms with Gasteiger partial charge in [-0.2, -0.15) is 0 Å². The maximum absolute atomic E-state index is 3.57. The molecule has 0 saturated heterocycles. The first-order valence-corrected chi connectivity index (χ1v) is 8.03. The number of likely N-dealkylation sites (N-methyl/N-ethyl adjacent to an activating group) is 1. The lowest BCUT2D eigenvalue weighted by Crippen LogP contribution is -2.17. The summed E-state index contributed by atoms with van der Waals surface area (Å²) in [6.07, 6.45) is 3.60. The smallest absolute Gasteiger partial charge is 0.0178 e. The van der Waals surface area contributed by atoms with Gasteiger partial charge in [0.1, 0.15) is 0 Å². The average Bonchev–Trinajstić information content (AvgIpc) is 2.47. The van der Waals surface area contributed by atoms with Gasteiger partial charge in [0.25, 0.3) is 0 Å². The summed E-state index contributed by atoms with van der Waals surface area (Å²) in [6.45, 7) is 1.03. The second-order valence-electron chi connectivity index (χ2n) is 5.19. The minimum atomic E-state index is 0.584. The van der Waals surface area contributed by atoms with E-state index in [1.54, 1.807) is 0 Å². The minimum absolute atomic E-state index is 0.584. The summed E-state index contributed by atoms with van der Waals surface area (Å²) in [4.78, 5) is 0. The summed E-state index contributed by atoms with van der Waals surface area (Å²) < 4.78 is 1.17. The van der Waals surface area contributed by atoms with Crippen LogP contribution in [-0.2, 0) is 6.42 Å². The van der Waals surface area contributed by atoms with E-state index in [0.29, 0.717) is 5.92 Å². The van der Waals surface area contributed by atoms with Crippen LogP contribution in [0.2, 0.25) is 0 Å². The molecular formula is C18H22BrN. The van der Waals surface area contributed by atoms with E-state index in [-0.39, 0.29) is 0 Å². The Bertz CT molecular complexity index is 510. The largest absolute Gasteiger partial charge is 0.319 e. The highest BCUT2D eigenvalue weighted by Gasteiger charge is 2.10. The number of hydrogen-bond acceptors (Lipinski definition) is 1. The fourth-order valence-electron chi connectivity index (χ4n) is 2.59. The molecule has 1 unspecified atom stereocenters. The Morgan fingerprint density at radius 3 is 2.55 bits per heavy atom. The average molecular weight is 332 g/mol. The van der Waals surface area contributed by atoms with Crippen molar-refractivity contribution in [2.24, 2.45) is 0 Å². The van der Waals surface area contributed by atoms with Crippen molar-refractivity contribution in [2.75, 3.05) is 13.6 Å². The summed E-state index contributed by atoms with van der Waals surface area (Å²) in [5.74, 6) is 0.584. The molecule has 20 heavy (non-hydrogen) atoms. The number of aryl methyl sites for hydroxylation is 1. The third-order valence-corrected chi connectivity index (χ3v) is 4.12. The molecule has 1 N–H and O–H groups in total. The van der Waals surface area contributed by atoms with Crippen molar-refractivity contribution in [3.8, 4) is 0 Å². The summed E-state index contributed by atoms with van der Waals surface area (Å²) in [6, 6.07) is 19.4. The Balaban J connectivity index is 1.92. The van der Waals surface area contributed by atoms with Crippen molar-refractivity contribution in [1.29, 1.82) is 0 Å². The normalized spacial score (nSPS) is 12.3. The van der Waals surface area contributed by atoms with Gasteiger partial charge in [-0.15, -0.1) is 0 Å². The summed E-state index contributed by atoms with van der Waals surface area (Å²) in [7, 11) is 2.03. The van der Waals surface area contributed by atoms with Gasteiger partial charge in [0.05, 0.1) is 0 Å². The van der Waals surface area contributed by atoms with Gasteiger partial charge in [0.15, 0.2) is 0 Å². The number of nitrogens with one attached hydrogen (secondary N) is 1. The van der Waals surface area contributed by atoms with Crippen LogP contribution in [0, 0.1) is 0 Å². The van der Waals surface area contributed by atoms with Gasteiger partial charge in [0.2, 0.25) is 0 Å². The second kappa shape index (κ2) is 8.23. The predicted octanol–water partition coefficient (Wildman–Crippen LogP) is 4.78. The molecule has 2 aromatic rings. The molecule has 0 bridgehead atoms. The van der Waals surface area contributed by atoms with E-state index in [9.17, 15) is 0 Å². The first-order valence-electron chi connectivity index (χ1n) is 7.23. The first-order chi connectivity index (χ1) is 9.79. The fourth-order valence-corrected chi connectivity index (χ4v) is 3.01. The SMILES string of the molecule is CNCC(CCCc1ccccc1)c1cccc(Br)c1. The van der Waals surface area contributed by atoms with Crippen LogP contribution in [0.25, 0.3) is 0 Å². The van der Waals surface area contributed by atoms with Crippen LogP contribution in [-0.4, -0.2) is 13.6 Å². The van der Waals surface area contributed by atoms with E-state index in [1.165, 1.54) is 28.4 Å². The maximum Gasteiger partial charge on any atom is 0.0178 e. The zero-order chi connectivity index (χ0) is 14.2. The minimum Gasteiger partial charge on any atom is -0.319 e. The molecule has 1 nitrogen and oxygen atoms in total. The first kappa shape index (κ1) is 15.3. The van der Waals surface area contributed by atoms with Crippen molar-refractivity contribution in [3.63, 3.8) is 0 Å². The summed E-state index contributed by atoms with van der Waals surface area (Å²) >= 11 is 3.57. The van der Waals surface area contributed by atoms with Gasteiger partial charge < -0.3 is 5.32 Å². The quantitative estimate of drug-likeness (QED) is 0.770. The molecular weight excluding hydrogens is 310 g/mol. The molecule has 2 heteroatoms. The third kappa shape index (κ3) is 4.77. The zero-order valence-corrected chi connectivity index (χ0v) is 13.6. The highest BCUT2D eigenvalue weighted by Crippen LogP contribution is 2.24. The van der Waals surface area contributed by atoms with Crippen LogP contribution >= 0.6 is 15.9 Å². The monoisotopic (exact) mass is 331 g/mol. The molecule has 0 heterocycles. The maximum atomic E-state index is 3.57. The van der Waals surface area contributed by atoms with Gasteiger partial charge in [0, 0.05) is 11.0 Å². The molecule has 0 aliphatic carbocycles. The molecule has 0 aliphatic rings. The molecule has 2 aromatic carbocycles. The molecule has 0 radical (unpaired) electrons. The van der Waals surface area contributed by atoms with Gasteiger partial charge in [-0.05, 0) is 55.5 Å². The number of hydrogen-bond donors (Lipinski definition) is 1. The highest BCUT2D eigenvalue weighted by atomic mass is 79.9. The molecule has 2 rings (SSSR count). The third-order valence-electron chi connectivity index (χ3n) is 3.63. The fraction of sp³-hybridized carbons (Fsp3) is 0.333. The van der Waals surface area contributed by atoms with Crippen molar-refractivity contribution in [1.82, 2.24) is 5.32 Å². The Hall–Kier alpha value is -1.12. The van der Waals surface area contributed by atoms with E-state index >= 15 is 0 Å². The lowest BCUT2D eigenvalue weighted by atomic mass is 9.92. The van der Waals surface area contributed by atoms with E-state index in [1.807, 2.05) is 7.05 Å². The lowest BCUT2D eigenvalue weighted by Gasteiger charge is -2.17. The van der Waals surface area contributed by atoms with Gasteiger partial charge in [-0.25, -0.2) is 0 Å². The van der Waals surface area contributed by atoms with Gasteiger partial charge in [-0.3, -0.25) is 0 Å². The van der Waals surface area contributed by atoms with Crippen molar-refractivity contribution in [2.45, 2.75) is 25.2 Å². The van der Waals surface area contributed by atoms with Crippen LogP contribution in [0.3, 0.4) is 0 Å². The molecule has 0 aromatic heterocycles. The van der Waals surface area contributed by atoms with Crippen LogP contribution < -0.4 is 5.32 Å². The molecule has 0 saturated carbocycles. The van der Waals surface area contributed by atoms with Gasteiger partial charge >= 0.3 is 0 Å². The summed E-state index contributed by atoms with van der Waals surface area (Å²) in [5.41, 5.74) is 2.85. The molecule has 1 atom stereocenters. The van der Waals surface area contributed by atoms with Crippen LogP contribution in [0.1, 0.15) is 29.9 Å². The molecule has 0 spiro atoms. The predicted molar refractivity (Wildman–Crippen MR) is 90.2 cm³/mol. The molecule has 106 valence electrons. The molecule has 0 fully saturated rings. The summed E-state index contributed by atoms with van der Waals surface area (Å²) in [5, 5.41) is 3.32. The Labute approximate surface area is 130 Å². The standard InChI is InChI=1S/C18H22BrN/c1-20-14-17(16-10-6-12-18(19)13-16)11-5-9-15-7-3-2-4-8-15/h2-4,6-8,10,12-13,17,20H,5,9,11,14H2,1H3. The Morgan fingerprint density at radius 2 is 1.85 bits per heavy atom. The van der Waals surface area contributed by atoms with Crippen LogP contribution in [0.15, 0.2) is 59.1 Å². The number of rotatable bonds is 7. The highest BCUT2D eigenvalue weighted by molar-refractivity contribution is 9.10. The lowest BCUT2D eigenvalue weighted by molar-refractivity contribution is 0.560. The van der Waals surface area contributed by atoms with Gasteiger partial charge in [-0.1, -0.05) is 58.4 Å². The van der Waals surface area contributed by atoms with E-state index < -0.39 is 0 Å². The van der Waals surface area contributed by atoms with E-state index in [4.69, 9.17) is 0 Å². The number of benzene rings is 2. The molecule has 0 aliphatic heterocycles. The van der Waals surface area contributed by atoms with Crippen LogP contribution in [0.4, 0.5) is 0 Å². The topological polar surface area (TPSA) is 12.0 Å². The van der Waals surface area contributed by atoms with Crippen molar-refractivity contribution >= 4 is 15.9 Å². The number of halogens is 1. The van der Waals surface area contributed by atoms with Crippen LogP contribution in [0.5, 0.6) is 0 Å². The van der Waals surface area contributed by atoms with E-state index in [0.717, 1.165) is 13.0 Å². The Kier molecular flexibility index (Phi) is 6.28. The Morgan fingerprint density at radius 1 is 1.05 bits per heavy atom. The van der Waals surface area contributed by atoms with Crippen molar-refractivity contribution in [3.05, 3.63) is 70.2 Å². The second-order valence-corrected chi connectivity index (χ2v) is 6.10. The molecule has 0 amide bonds.